The third kappa shape index (κ3) is 7.95. The third-order valence-corrected chi connectivity index (χ3v) is 8.38. The molecule has 2 heterocycles. The average Bonchev–Trinajstić information content (AvgIpc) is 3.57. The number of hydrogen-bond donors (Lipinski definition) is 1. The smallest absolute Gasteiger partial charge is 0.308 e. The fourth-order valence-electron chi connectivity index (χ4n) is 6.11. The number of likely N-dealkylation sites (tertiary alicyclic amines) is 1. The van der Waals surface area contributed by atoms with E-state index in [2.05, 4.69) is 34.1 Å². The van der Waals surface area contributed by atoms with E-state index in [4.69, 9.17) is 14.2 Å². The molecule has 0 aliphatic carbocycles. The number of carboxylic acid groups (broad SMARTS) is 1. The lowest BCUT2D eigenvalue weighted by Crippen LogP contribution is -2.47. The van der Waals surface area contributed by atoms with Crippen molar-refractivity contribution in [3.05, 3.63) is 53.6 Å². The van der Waals surface area contributed by atoms with E-state index < -0.39 is 17.9 Å². The van der Waals surface area contributed by atoms with E-state index in [9.17, 15) is 14.7 Å². The van der Waals surface area contributed by atoms with Gasteiger partial charge in [-0.15, -0.1) is 0 Å². The van der Waals surface area contributed by atoms with Gasteiger partial charge in [0.1, 0.15) is 12.4 Å². The molecular weight excluding hydrogens is 534 g/mol. The van der Waals surface area contributed by atoms with Crippen molar-refractivity contribution >= 4 is 11.9 Å². The van der Waals surface area contributed by atoms with Crippen LogP contribution in [0.25, 0.3) is 0 Å². The maximum absolute atomic E-state index is 13.8. The zero-order valence-corrected chi connectivity index (χ0v) is 25.9. The van der Waals surface area contributed by atoms with Crippen LogP contribution < -0.4 is 14.2 Å². The van der Waals surface area contributed by atoms with Crippen molar-refractivity contribution < 1.29 is 33.4 Å². The fraction of sp³-hybridized carbons (Fsp3) is 0.576. The molecule has 2 aromatic rings. The topological polar surface area (TPSA) is 88.5 Å². The van der Waals surface area contributed by atoms with Crippen LogP contribution in [0.15, 0.2) is 42.5 Å². The van der Waals surface area contributed by atoms with Gasteiger partial charge in [-0.25, -0.2) is 0 Å². The molecule has 0 radical (unpaired) electrons. The van der Waals surface area contributed by atoms with Crippen LogP contribution >= 0.6 is 0 Å². The summed E-state index contributed by atoms with van der Waals surface area (Å²) >= 11 is 0. The number of para-hydroxylation sites is 2. The van der Waals surface area contributed by atoms with E-state index in [0.717, 1.165) is 53.6 Å². The minimum Gasteiger partial charge on any atom is -0.493 e. The van der Waals surface area contributed by atoms with Crippen LogP contribution in [-0.2, 0) is 16.0 Å². The van der Waals surface area contributed by atoms with Crippen molar-refractivity contribution in [1.82, 2.24) is 9.80 Å². The Kier molecular flexibility index (Phi) is 10.7. The van der Waals surface area contributed by atoms with Gasteiger partial charge in [0.2, 0.25) is 5.91 Å². The van der Waals surface area contributed by atoms with Gasteiger partial charge in [-0.1, -0.05) is 37.6 Å². The molecule has 0 spiro atoms. The Morgan fingerprint density at radius 2 is 1.83 bits per heavy atom. The van der Waals surface area contributed by atoms with Gasteiger partial charge in [-0.2, -0.15) is 0 Å². The number of aliphatic carboxylic acids is 1. The normalized spacial score (nSPS) is 20.2. The summed E-state index contributed by atoms with van der Waals surface area (Å²) in [6, 6.07) is 12.9. The first kappa shape index (κ1) is 31.6. The second-order valence-electron chi connectivity index (χ2n) is 12.5. The second kappa shape index (κ2) is 14.2. The molecule has 9 nitrogen and oxygen atoms in total. The van der Waals surface area contributed by atoms with Crippen molar-refractivity contribution in [2.75, 3.05) is 74.2 Å². The highest BCUT2D eigenvalue weighted by atomic mass is 16.5. The van der Waals surface area contributed by atoms with E-state index in [1.807, 2.05) is 46.2 Å². The van der Waals surface area contributed by atoms with Crippen molar-refractivity contribution in [2.45, 2.75) is 44.6 Å². The van der Waals surface area contributed by atoms with Crippen molar-refractivity contribution in [3.8, 4) is 17.2 Å². The summed E-state index contributed by atoms with van der Waals surface area (Å²) in [5.41, 5.74) is 2.07. The van der Waals surface area contributed by atoms with Gasteiger partial charge in [0.25, 0.3) is 0 Å². The number of amides is 1. The number of carbonyl (C=O) groups excluding carboxylic acids is 1. The summed E-state index contributed by atoms with van der Waals surface area (Å²) in [5.74, 6) is 0.143. The first-order chi connectivity index (χ1) is 20.1. The largest absolute Gasteiger partial charge is 0.493 e. The highest BCUT2D eigenvalue weighted by Gasteiger charge is 2.48. The molecule has 1 fully saturated rings. The Balaban J connectivity index is 1.59. The summed E-state index contributed by atoms with van der Waals surface area (Å²) in [4.78, 5) is 30.7. The molecule has 2 aromatic carbocycles. The van der Waals surface area contributed by atoms with E-state index >= 15 is 0 Å². The standard InChI is InChI=1S/C33H47N3O6/c1-6-7-16-34(17-10-18-36(2,3)4)31(37)22-35-21-26(24-13-14-28-25(20-24)15-19-41-28)32(33(38)39)27(35)23-42-30-12-9-8-11-29(30)40-5/h8-9,11-14,20,26-27,32H,6-7,10,15-19,21-23H2,1-5H3/p+1/t26-,27+,32-/m1/s1. The SMILES string of the molecule is CCCCN(CCC[N+](C)(C)C)C(=O)CN1C[C@H](c2ccc3c(c2)CCO3)[C@@H](C(=O)O)[C@@H]1COc1ccccc1OC. The first-order valence-electron chi connectivity index (χ1n) is 15.2. The number of rotatable bonds is 15. The lowest BCUT2D eigenvalue weighted by molar-refractivity contribution is -0.870. The molecule has 230 valence electrons. The van der Waals surface area contributed by atoms with Crippen molar-refractivity contribution in [2.24, 2.45) is 5.92 Å². The lowest BCUT2D eigenvalue weighted by atomic mass is 9.84. The van der Waals surface area contributed by atoms with Crippen LogP contribution in [0.2, 0.25) is 0 Å². The van der Waals surface area contributed by atoms with Crippen LogP contribution in [0.1, 0.15) is 43.2 Å². The van der Waals surface area contributed by atoms with Crippen LogP contribution in [0.4, 0.5) is 0 Å². The predicted molar refractivity (Wildman–Crippen MR) is 162 cm³/mol. The number of quaternary nitrogens is 1. The monoisotopic (exact) mass is 582 g/mol. The number of hydrogen-bond acceptors (Lipinski definition) is 6. The number of ether oxygens (including phenoxy) is 3. The van der Waals surface area contributed by atoms with Crippen LogP contribution in [0, 0.1) is 5.92 Å². The van der Waals surface area contributed by atoms with Crippen LogP contribution in [0.3, 0.4) is 0 Å². The van der Waals surface area contributed by atoms with E-state index in [1.165, 1.54) is 0 Å². The minimum atomic E-state index is -0.883. The maximum atomic E-state index is 13.8. The Morgan fingerprint density at radius 1 is 1.10 bits per heavy atom. The molecule has 0 bridgehead atoms. The van der Waals surface area contributed by atoms with Crippen LogP contribution in [-0.4, -0.2) is 111 Å². The van der Waals surface area contributed by atoms with Gasteiger partial charge in [-0.3, -0.25) is 14.5 Å². The summed E-state index contributed by atoms with van der Waals surface area (Å²) < 4.78 is 18.2. The van der Waals surface area contributed by atoms with Crippen LogP contribution in [0.5, 0.6) is 17.2 Å². The fourth-order valence-corrected chi connectivity index (χ4v) is 6.11. The molecule has 1 N–H and O–H groups in total. The number of unbranched alkanes of at least 4 members (excludes halogenated alkanes) is 1. The third-order valence-electron chi connectivity index (χ3n) is 8.38. The van der Waals surface area contributed by atoms with Crippen molar-refractivity contribution in [3.63, 3.8) is 0 Å². The molecular formula is C33H48N3O6+. The lowest BCUT2D eigenvalue weighted by Gasteiger charge is -2.30. The van der Waals surface area contributed by atoms with Crippen molar-refractivity contribution in [1.29, 1.82) is 0 Å². The minimum absolute atomic E-state index is 0.0410. The molecule has 9 heteroatoms. The number of fused-ring (bicyclic) bond motifs is 1. The summed E-state index contributed by atoms with van der Waals surface area (Å²) in [6.45, 7) is 5.89. The van der Waals surface area contributed by atoms with Gasteiger partial charge in [0.05, 0.1) is 59.9 Å². The summed E-state index contributed by atoms with van der Waals surface area (Å²) in [5, 5.41) is 10.5. The van der Waals surface area contributed by atoms with Gasteiger partial charge in [-0.05, 0) is 35.7 Å². The number of methoxy groups -OCH3 is 1. The molecule has 1 amide bonds. The molecule has 0 aromatic heterocycles. The van der Waals surface area contributed by atoms with Gasteiger partial charge >= 0.3 is 5.97 Å². The number of carbonyl (C=O) groups is 2. The molecule has 0 unspecified atom stereocenters. The number of nitrogens with zero attached hydrogens (tertiary/aromatic N) is 3. The molecule has 4 rings (SSSR count). The Bertz CT molecular complexity index is 1210. The van der Waals surface area contributed by atoms with E-state index in [-0.39, 0.29) is 25.0 Å². The maximum Gasteiger partial charge on any atom is 0.308 e. The predicted octanol–water partition coefficient (Wildman–Crippen LogP) is 3.90. The summed E-state index contributed by atoms with van der Waals surface area (Å²) in [6.07, 6.45) is 3.67. The molecule has 42 heavy (non-hydrogen) atoms. The number of benzene rings is 2. The Morgan fingerprint density at radius 3 is 2.52 bits per heavy atom. The molecule has 3 atom stereocenters. The van der Waals surface area contributed by atoms with Gasteiger partial charge < -0.3 is 28.7 Å². The molecule has 2 aliphatic rings. The van der Waals surface area contributed by atoms with Gasteiger partial charge in [0, 0.05) is 38.4 Å². The molecule has 2 aliphatic heterocycles. The molecule has 0 saturated carbocycles. The highest BCUT2D eigenvalue weighted by Crippen LogP contribution is 2.40. The quantitative estimate of drug-likeness (QED) is 0.319. The highest BCUT2D eigenvalue weighted by molar-refractivity contribution is 5.79. The molecule has 1 saturated heterocycles. The second-order valence-corrected chi connectivity index (χ2v) is 12.5. The summed E-state index contributed by atoms with van der Waals surface area (Å²) in [7, 11) is 8.06. The average molecular weight is 583 g/mol. The zero-order chi connectivity index (χ0) is 30.3. The van der Waals surface area contributed by atoms with Gasteiger partial charge in [0.15, 0.2) is 11.5 Å². The Labute approximate surface area is 250 Å². The Hall–Kier alpha value is -3.30. The first-order valence-corrected chi connectivity index (χ1v) is 15.2. The van der Waals surface area contributed by atoms with E-state index in [1.54, 1.807) is 7.11 Å². The number of carboxylic acids is 1. The van der Waals surface area contributed by atoms with E-state index in [0.29, 0.717) is 37.7 Å². The zero-order valence-electron chi connectivity index (χ0n) is 25.9.